The van der Waals surface area contributed by atoms with Crippen LogP contribution in [0.2, 0.25) is 0 Å². The lowest BCUT2D eigenvalue weighted by molar-refractivity contribution is -0.121. The van der Waals surface area contributed by atoms with Crippen LogP contribution in [0.3, 0.4) is 0 Å². The Balaban J connectivity index is 1.70. The van der Waals surface area contributed by atoms with Crippen LogP contribution in [-0.2, 0) is 27.8 Å². The SMILES string of the molecule is CCc1nc2ccccc2n1CC(=O)Nc1ccc(S(=O)(=O)NCC(F)(F)F)cc1. The van der Waals surface area contributed by atoms with Gasteiger partial charge in [0.25, 0.3) is 0 Å². The van der Waals surface area contributed by atoms with Gasteiger partial charge in [-0.15, -0.1) is 0 Å². The normalized spacial score (nSPS) is 12.3. The number of halogens is 3. The van der Waals surface area contributed by atoms with Gasteiger partial charge in [-0.2, -0.15) is 13.2 Å². The highest BCUT2D eigenvalue weighted by Gasteiger charge is 2.30. The van der Waals surface area contributed by atoms with Crippen LogP contribution in [0.25, 0.3) is 11.0 Å². The fourth-order valence-corrected chi connectivity index (χ4v) is 3.91. The number of hydrogen-bond donors (Lipinski definition) is 2. The first-order valence-electron chi connectivity index (χ1n) is 8.99. The van der Waals surface area contributed by atoms with E-state index >= 15 is 0 Å². The van der Waals surface area contributed by atoms with Crippen LogP contribution < -0.4 is 10.0 Å². The predicted molar refractivity (Wildman–Crippen MR) is 105 cm³/mol. The molecular weight excluding hydrogens is 421 g/mol. The fourth-order valence-electron chi connectivity index (χ4n) is 2.89. The maximum Gasteiger partial charge on any atom is 0.402 e. The molecule has 1 aromatic heterocycles. The van der Waals surface area contributed by atoms with Gasteiger partial charge >= 0.3 is 6.18 Å². The number of alkyl halides is 3. The molecule has 0 bridgehead atoms. The van der Waals surface area contributed by atoms with E-state index in [4.69, 9.17) is 0 Å². The van der Waals surface area contributed by atoms with Crippen molar-refractivity contribution in [2.75, 3.05) is 11.9 Å². The molecule has 0 radical (unpaired) electrons. The van der Waals surface area contributed by atoms with E-state index in [1.165, 1.54) is 16.9 Å². The molecule has 0 aliphatic carbocycles. The Morgan fingerprint density at radius 2 is 1.77 bits per heavy atom. The largest absolute Gasteiger partial charge is 0.402 e. The number of fused-ring (bicyclic) bond motifs is 1. The molecule has 0 aliphatic heterocycles. The molecule has 0 unspecified atom stereocenters. The van der Waals surface area contributed by atoms with Crippen molar-refractivity contribution in [3.8, 4) is 0 Å². The number of benzene rings is 2. The van der Waals surface area contributed by atoms with Crippen LogP contribution in [0.1, 0.15) is 12.7 Å². The summed E-state index contributed by atoms with van der Waals surface area (Å²) in [6.45, 7) is 0.283. The number of sulfonamides is 1. The molecule has 0 aliphatic rings. The van der Waals surface area contributed by atoms with Crippen molar-refractivity contribution in [3.05, 3.63) is 54.4 Å². The number of anilines is 1. The van der Waals surface area contributed by atoms with Gasteiger partial charge in [-0.3, -0.25) is 4.79 Å². The lowest BCUT2D eigenvalue weighted by atomic mass is 10.3. The highest BCUT2D eigenvalue weighted by atomic mass is 32.2. The van der Waals surface area contributed by atoms with Crippen molar-refractivity contribution in [1.29, 1.82) is 0 Å². The van der Waals surface area contributed by atoms with Gasteiger partial charge in [-0.25, -0.2) is 18.1 Å². The van der Waals surface area contributed by atoms with Crippen LogP contribution >= 0.6 is 0 Å². The van der Waals surface area contributed by atoms with Gasteiger partial charge in [-0.05, 0) is 36.4 Å². The Morgan fingerprint density at radius 1 is 1.10 bits per heavy atom. The molecule has 11 heteroatoms. The maximum atomic E-state index is 12.5. The van der Waals surface area contributed by atoms with Gasteiger partial charge < -0.3 is 9.88 Å². The molecule has 0 saturated heterocycles. The third kappa shape index (κ3) is 5.16. The van der Waals surface area contributed by atoms with Gasteiger partial charge in [0.05, 0.1) is 15.9 Å². The Morgan fingerprint density at radius 3 is 2.40 bits per heavy atom. The highest BCUT2D eigenvalue weighted by molar-refractivity contribution is 7.89. The molecule has 3 aromatic rings. The van der Waals surface area contributed by atoms with Gasteiger partial charge in [0.15, 0.2) is 0 Å². The van der Waals surface area contributed by atoms with Crippen molar-refractivity contribution >= 4 is 32.7 Å². The molecule has 7 nitrogen and oxygen atoms in total. The highest BCUT2D eigenvalue weighted by Crippen LogP contribution is 2.19. The molecule has 1 amide bonds. The number of hydrogen-bond acceptors (Lipinski definition) is 4. The second kappa shape index (κ2) is 8.44. The van der Waals surface area contributed by atoms with Gasteiger partial charge in [0, 0.05) is 12.1 Å². The molecule has 0 atom stereocenters. The third-order valence-corrected chi connectivity index (χ3v) is 5.68. The molecule has 2 aromatic carbocycles. The number of imidazole rings is 1. The monoisotopic (exact) mass is 440 g/mol. The Bertz CT molecular complexity index is 1160. The van der Waals surface area contributed by atoms with Crippen LogP contribution in [0.5, 0.6) is 0 Å². The molecule has 3 rings (SSSR count). The average molecular weight is 440 g/mol. The molecule has 2 N–H and O–H groups in total. The Hall–Kier alpha value is -2.92. The summed E-state index contributed by atoms with van der Waals surface area (Å²) in [7, 11) is -4.31. The standard InChI is InChI=1S/C19H19F3N4O3S/c1-2-17-25-15-5-3-4-6-16(15)26(17)11-18(27)24-13-7-9-14(10-8-13)30(28,29)23-12-19(20,21)22/h3-10,23H,2,11-12H2,1H3,(H,24,27). The van der Waals surface area contributed by atoms with E-state index < -0.39 is 22.7 Å². The van der Waals surface area contributed by atoms with Crippen molar-refractivity contribution in [2.24, 2.45) is 0 Å². The number of nitrogens with one attached hydrogen (secondary N) is 2. The predicted octanol–water partition coefficient (Wildman–Crippen LogP) is 3.08. The van der Waals surface area contributed by atoms with Crippen LogP contribution in [0.4, 0.5) is 18.9 Å². The first kappa shape index (κ1) is 21.8. The first-order chi connectivity index (χ1) is 14.1. The maximum absolute atomic E-state index is 12.5. The van der Waals surface area contributed by atoms with Crippen molar-refractivity contribution < 1.29 is 26.4 Å². The lowest BCUT2D eigenvalue weighted by Crippen LogP contribution is -2.33. The summed E-state index contributed by atoms with van der Waals surface area (Å²) in [6.07, 6.45) is -4.02. The number of nitrogens with zero attached hydrogens (tertiary/aromatic N) is 2. The summed E-state index contributed by atoms with van der Waals surface area (Å²) < 4.78 is 63.8. The van der Waals surface area contributed by atoms with E-state index in [2.05, 4.69) is 10.3 Å². The summed E-state index contributed by atoms with van der Waals surface area (Å²) in [5, 5.41) is 2.65. The number of aromatic nitrogens is 2. The van der Waals surface area contributed by atoms with Gasteiger partial charge in [-0.1, -0.05) is 19.1 Å². The zero-order valence-electron chi connectivity index (χ0n) is 15.9. The molecule has 30 heavy (non-hydrogen) atoms. The van der Waals surface area contributed by atoms with E-state index in [-0.39, 0.29) is 17.3 Å². The molecule has 0 saturated carbocycles. The second-order valence-electron chi connectivity index (χ2n) is 6.47. The summed E-state index contributed by atoms with van der Waals surface area (Å²) >= 11 is 0. The summed E-state index contributed by atoms with van der Waals surface area (Å²) in [5.41, 5.74) is 1.92. The minimum atomic E-state index is -4.66. The second-order valence-corrected chi connectivity index (χ2v) is 8.24. The number of rotatable bonds is 7. The number of aryl methyl sites for hydroxylation is 1. The van der Waals surface area contributed by atoms with Gasteiger partial charge in [0.2, 0.25) is 15.9 Å². The molecule has 160 valence electrons. The summed E-state index contributed by atoms with van der Waals surface area (Å²) in [6, 6.07) is 12.3. The fraction of sp³-hybridized carbons (Fsp3) is 0.263. The molecule has 0 fully saturated rings. The zero-order chi connectivity index (χ0) is 21.9. The number of carbonyl (C=O) groups excluding carboxylic acids is 1. The quantitative estimate of drug-likeness (QED) is 0.591. The van der Waals surface area contributed by atoms with E-state index in [9.17, 15) is 26.4 Å². The van der Waals surface area contributed by atoms with Crippen LogP contribution in [0.15, 0.2) is 53.4 Å². The zero-order valence-corrected chi connectivity index (χ0v) is 16.7. The van der Waals surface area contributed by atoms with Crippen molar-refractivity contribution in [2.45, 2.75) is 31.0 Å². The molecule has 0 spiro atoms. The van der Waals surface area contributed by atoms with E-state index in [1.807, 2.05) is 31.2 Å². The Kier molecular flexibility index (Phi) is 6.13. The number of para-hydroxylation sites is 2. The summed E-state index contributed by atoms with van der Waals surface area (Å²) in [4.78, 5) is 16.6. The average Bonchev–Trinajstić information content (AvgIpc) is 3.04. The van der Waals surface area contributed by atoms with Crippen LogP contribution in [0, 0.1) is 0 Å². The Labute approximate surface area is 171 Å². The summed E-state index contributed by atoms with van der Waals surface area (Å²) in [5.74, 6) is 0.405. The van der Waals surface area contributed by atoms with E-state index in [0.717, 1.165) is 29.0 Å². The topological polar surface area (TPSA) is 93.1 Å². The van der Waals surface area contributed by atoms with E-state index in [1.54, 1.807) is 4.57 Å². The number of carbonyl (C=O) groups is 1. The first-order valence-corrected chi connectivity index (χ1v) is 10.5. The van der Waals surface area contributed by atoms with E-state index in [0.29, 0.717) is 12.1 Å². The van der Waals surface area contributed by atoms with Gasteiger partial charge in [0.1, 0.15) is 18.9 Å². The molecule has 1 heterocycles. The minimum Gasteiger partial charge on any atom is -0.325 e. The minimum absolute atomic E-state index is 0.0108. The van der Waals surface area contributed by atoms with Crippen LogP contribution in [-0.4, -0.2) is 36.6 Å². The lowest BCUT2D eigenvalue weighted by Gasteiger charge is -2.11. The third-order valence-electron chi connectivity index (χ3n) is 4.26. The smallest absolute Gasteiger partial charge is 0.325 e. The molecular formula is C19H19F3N4O3S. The number of amides is 1. The van der Waals surface area contributed by atoms with Crippen molar-refractivity contribution in [1.82, 2.24) is 14.3 Å². The van der Waals surface area contributed by atoms with Crippen molar-refractivity contribution in [3.63, 3.8) is 0 Å².